The van der Waals surface area contributed by atoms with Crippen molar-refractivity contribution in [2.24, 2.45) is 10.2 Å². The SMILES string of the molecule is Cc1cc(/C=N/NC(=O)COc2ccc(OCC(=O)N/N=C/c3ccc(O)c(C)c3)cc2)ccc1O. The van der Waals surface area contributed by atoms with Gasteiger partial charge < -0.3 is 19.7 Å². The molecule has 0 saturated heterocycles. The van der Waals surface area contributed by atoms with E-state index in [1.807, 2.05) is 0 Å². The molecule has 0 bridgehead atoms. The van der Waals surface area contributed by atoms with Crippen LogP contribution in [0.4, 0.5) is 0 Å². The molecule has 0 aliphatic rings. The molecule has 0 radical (unpaired) electrons. The van der Waals surface area contributed by atoms with Crippen LogP contribution < -0.4 is 20.3 Å². The first-order valence-corrected chi connectivity index (χ1v) is 10.9. The number of aromatic hydroxyl groups is 2. The fraction of sp³-hybridized carbons (Fsp3) is 0.154. The van der Waals surface area contributed by atoms with Gasteiger partial charge in [0, 0.05) is 0 Å². The number of aryl methyl sites for hydroxylation is 2. The molecule has 0 aliphatic heterocycles. The van der Waals surface area contributed by atoms with Crippen molar-refractivity contribution >= 4 is 24.2 Å². The number of ether oxygens (including phenoxy) is 2. The quantitative estimate of drug-likeness (QED) is 0.254. The van der Waals surface area contributed by atoms with E-state index in [2.05, 4.69) is 21.1 Å². The van der Waals surface area contributed by atoms with Crippen molar-refractivity contribution in [1.29, 1.82) is 0 Å². The van der Waals surface area contributed by atoms with Crippen LogP contribution >= 0.6 is 0 Å². The van der Waals surface area contributed by atoms with Gasteiger partial charge in [-0.05, 0) is 96.8 Å². The highest BCUT2D eigenvalue weighted by Gasteiger charge is 2.05. The number of hydrogen-bond acceptors (Lipinski definition) is 8. The van der Waals surface area contributed by atoms with Crippen molar-refractivity contribution in [3.63, 3.8) is 0 Å². The Morgan fingerprint density at radius 2 is 1.11 bits per heavy atom. The Bertz CT molecular complexity index is 1170. The highest BCUT2D eigenvalue weighted by atomic mass is 16.5. The molecule has 4 N–H and O–H groups in total. The van der Waals surface area contributed by atoms with E-state index in [-0.39, 0.29) is 24.7 Å². The minimum absolute atomic E-state index is 0.190. The summed E-state index contributed by atoms with van der Waals surface area (Å²) in [6, 6.07) is 16.3. The molecule has 0 aliphatic carbocycles. The second-order valence-electron chi connectivity index (χ2n) is 7.73. The summed E-state index contributed by atoms with van der Waals surface area (Å²) in [4.78, 5) is 23.8. The summed E-state index contributed by atoms with van der Waals surface area (Å²) in [5.74, 6) is 0.372. The number of nitrogens with zero attached hydrogens (tertiary/aromatic N) is 2. The molecule has 36 heavy (non-hydrogen) atoms. The lowest BCUT2D eigenvalue weighted by molar-refractivity contribution is -0.123. The molecule has 3 aromatic rings. The van der Waals surface area contributed by atoms with Crippen LogP contribution in [0.2, 0.25) is 0 Å². The fourth-order valence-electron chi connectivity index (χ4n) is 2.87. The molecule has 10 nitrogen and oxygen atoms in total. The smallest absolute Gasteiger partial charge is 0.277 e. The number of carbonyl (C=O) groups excluding carboxylic acids is 2. The number of hydrazone groups is 2. The average Bonchev–Trinajstić information content (AvgIpc) is 2.86. The van der Waals surface area contributed by atoms with Gasteiger partial charge in [0.05, 0.1) is 12.4 Å². The van der Waals surface area contributed by atoms with E-state index < -0.39 is 11.8 Å². The van der Waals surface area contributed by atoms with Gasteiger partial charge in [0.2, 0.25) is 0 Å². The summed E-state index contributed by atoms with van der Waals surface area (Å²) < 4.78 is 10.8. The summed E-state index contributed by atoms with van der Waals surface area (Å²) in [6.07, 6.45) is 2.93. The zero-order valence-electron chi connectivity index (χ0n) is 19.8. The summed E-state index contributed by atoms with van der Waals surface area (Å²) in [5.41, 5.74) is 7.60. The lowest BCUT2D eigenvalue weighted by atomic mass is 10.1. The molecule has 0 spiro atoms. The van der Waals surface area contributed by atoms with E-state index in [1.54, 1.807) is 74.5 Å². The Hall–Kier alpha value is -4.86. The van der Waals surface area contributed by atoms with Gasteiger partial charge in [-0.2, -0.15) is 10.2 Å². The molecule has 0 unspecified atom stereocenters. The van der Waals surface area contributed by atoms with Crippen molar-refractivity contribution in [3.05, 3.63) is 82.9 Å². The van der Waals surface area contributed by atoms with Gasteiger partial charge in [0.25, 0.3) is 11.8 Å². The standard InChI is InChI=1S/C26H26N4O6/c1-17-11-19(3-9-23(17)31)13-27-29-25(33)15-35-21-5-7-22(8-6-21)36-16-26(34)30-28-14-20-4-10-24(32)18(2)12-20/h3-14,31-32H,15-16H2,1-2H3,(H,29,33)(H,30,34)/b27-13+,28-14+. The third kappa shape index (κ3) is 8.17. The monoisotopic (exact) mass is 490 g/mol. The highest BCUT2D eigenvalue weighted by molar-refractivity contribution is 5.84. The molecule has 0 atom stereocenters. The van der Waals surface area contributed by atoms with Crippen molar-refractivity contribution in [1.82, 2.24) is 10.9 Å². The number of carbonyl (C=O) groups is 2. The second-order valence-corrected chi connectivity index (χ2v) is 7.73. The Balaban J connectivity index is 1.36. The third-order valence-corrected chi connectivity index (χ3v) is 4.81. The van der Waals surface area contributed by atoms with Gasteiger partial charge in [-0.1, -0.05) is 0 Å². The molecule has 3 aromatic carbocycles. The first-order chi connectivity index (χ1) is 17.3. The molecular formula is C26H26N4O6. The molecule has 0 aromatic heterocycles. The minimum Gasteiger partial charge on any atom is -0.508 e. The first kappa shape index (κ1) is 25.8. The topological polar surface area (TPSA) is 142 Å². The van der Waals surface area contributed by atoms with E-state index in [0.717, 1.165) is 11.1 Å². The fourth-order valence-corrected chi connectivity index (χ4v) is 2.87. The second kappa shape index (κ2) is 12.6. The van der Waals surface area contributed by atoms with Crippen LogP contribution in [0.1, 0.15) is 22.3 Å². The normalized spacial score (nSPS) is 10.9. The lowest BCUT2D eigenvalue weighted by Gasteiger charge is -2.08. The minimum atomic E-state index is -0.443. The number of hydrogen-bond donors (Lipinski definition) is 4. The van der Waals surface area contributed by atoms with Crippen LogP contribution in [0, 0.1) is 13.8 Å². The Labute approximate surface area is 207 Å². The van der Waals surface area contributed by atoms with Crippen LogP contribution in [0.5, 0.6) is 23.0 Å². The van der Waals surface area contributed by atoms with Crippen molar-refractivity contribution in [2.75, 3.05) is 13.2 Å². The maximum absolute atomic E-state index is 11.9. The van der Waals surface area contributed by atoms with Crippen LogP contribution in [0.15, 0.2) is 70.9 Å². The van der Waals surface area contributed by atoms with Gasteiger partial charge in [0.1, 0.15) is 23.0 Å². The number of benzene rings is 3. The number of rotatable bonds is 10. The molecular weight excluding hydrogens is 464 g/mol. The van der Waals surface area contributed by atoms with Gasteiger partial charge in [-0.25, -0.2) is 10.9 Å². The van der Waals surface area contributed by atoms with E-state index in [4.69, 9.17) is 9.47 Å². The predicted molar refractivity (Wildman–Crippen MR) is 135 cm³/mol. The average molecular weight is 491 g/mol. The van der Waals surface area contributed by atoms with Gasteiger partial charge in [-0.15, -0.1) is 0 Å². The molecule has 0 heterocycles. The number of amides is 2. The van der Waals surface area contributed by atoms with Crippen LogP contribution in [0.3, 0.4) is 0 Å². The summed E-state index contributed by atoms with van der Waals surface area (Å²) in [7, 11) is 0. The third-order valence-electron chi connectivity index (χ3n) is 4.81. The van der Waals surface area contributed by atoms with Gasteiger partial charge in [0.15, 0.2) is 13.2 Å². The van der Waals surface area contributed by atoms with Gasteiger partial charge >= 0.3 is 0 Å². The van der Waals surface area contributed by atoms with E-state index in [1.165, 1.54) is 12.4 Å². The van der Waals surface area contributed by atoms with E-state index >= 15 is 0 Å². The predicted octanol–water partition coefficient (Wildman–Crippen LogP) is 2.77. The maximum Gasteiger partial charge on any atom is 0.277 e. The number of phenolic OH excluding ortho intramolecular Hbond substituents is 2. The van der Waals surface area contributed by atoms with Crippen LogP contribution in [0.25, 0.3) is 0 Å². The lowest BCUT2D eigenvalue weighted by Crippen LogP contribution is -2.25. The zero-order chi connectivity index (χ0) is 25.9. The van der Waals surface area contributed by atoms with Crippen molar-refractivity contribution in [3.8, 4) is 23.0 Å². The Morgan fingerprint density at radius 1 is 0.722 bits per heavy atom. The van der Waals surface area contributed by atoms with Crippen molar-refractivity contribution in [2.45, 2.75) is 13.8 Å². The number of phenols is 2. The first-order valence-electron chi connectivity index (χ1n) is 10.9. The molecule has 0 fully saturated rings. The van der Waals surface area contributed by atoms with E-state index in [9.17, 15) is 19.8 Å². The molecule has 2 amide bonds. The summed E-state index contributed by atoms with van der Waals surface area (Å²) >= 11 is 0. The highest BCUT2D eigenvalue weighted by Crippen LogP contribution is 2.18. The van der Waals surface area contributed by atoms with Crippen molar-refractivity contribution < 1.29 is 29.3 Å². The molecule has 10 heteroatoms. The largest absolute Gasteiger partial charge is 0.508 e. The Morgan fingerprint density at radius 3 is 1.47 bits per heavy atom. The van der Waals surface area contributed by atoms with Gasteiger partial charge in [-0.3, -0.25) is 9.59 Å². The summed E-state index contributed by atoms with van der Waals surface area (Å²) in [5, 5.41) is 26.8. The molecule has 3 rings (SSSR count). The van der Waals surface area contributed by atoms with Crippen LogP contribution in [-0.2, 0) is 9.59 Å². The molecule has 186 valence electrons. The Kier molecular flexibility index (Phi) is 8.99. The number of nitrogens with one attached hydrogen (secondary N) is 2. The zero-order valence-corrected chi connectivity index (χ0v) is 19.8. The summed E-state index contributed by atoms with van der Waals surface area (Å²) in [6.45, 7) is 3.04. The van der Waals surface area contributed by atoms with E-state index in [0.29, 0.717) is 22.6 Å². The maximum atomic E-state index is 11.9. The molecule has 0 saturated carbocycles. The van der Waals surface area contributed by atoms with Crippen LogP contribution in [-0.4, -0.2) is 47.7 Å².